The Labute approximate surface area is 170 Å². The molecule has 6 nitrogen and oxygen atoms in total. The summed E-state index contributed by atoms with van der Waals surface area (Å²) < 4.78 is 10.9. The number of rotatable bonds is 11. The van der Waals surface area contributed by atoms with Crippen LogP contribution in [0.15, 0.2) is 29.3 Å². The summed E-state index contributed by atoms with van der Waals surface area (Å²) in [5.74, 6) is 0.833. The minimum absolute atomic E-state index is 0.0910. The molecule has 1 aromatic rings. The van der Waals surface area contributed by atoms with Gasteiger partial charge < -0.3 is 14.4 Å². The van der Waals surface area contributed by atoms with Crippen LogP contribution in [0.25, 0.3) is 0 Å². The number of benzene rings is 1. The number of nitrogens with zero attached hydrogens (tertiary/aromatic N) is 1. The number of quaternary nitrogens is 1. The second-order valence-electron chi connectivity index (χ2n) is 7.52. The first-order valence-corrected chi connectivity index (χ1v) is 10.4. The Morgan fingerprint density at radius 3 is 2.32 bits per heavy atom. The highest BCUT2D eigenvalue weighted by molar-refractivity contribution is 6.04. The van der Waals surface area contributed by atoms with Crippen molar-refractivity contribution in [2.45, 2.75) is 53.5 Å². The Balaban J connectivity index is 2.71. The van der Waals surface area contributed by atoms with Gasteiger partial charge in [-0.1, -0.05) is 13.8 Å². The number of carbonyl (C=O) groups is 1. The molecule has 0 saturated heterocycles. The third-order valence-corrected chi connectivity index (χ3v) is 4.62. The fourth-order valence-corrected chi connectivity index (χ4v) is 2.78. The van der Waals surface area contributed by atoms with Crippen molar-refractivity contribution in [2.24, 2.45) is 10.9 Å². The van der Waals surface area contributed by atoms with E-state index in [0.717, 1.165) is 32.5 Å². The molecule has 0 aromatic heterocycles. The smallest absolute Gasteiger partial charge is 0.291 e. The first-order chi connectivity index (χ1) is 13.4. The monoisotopic (exact) mass is 392 g/mol. The molecule has 0 fully saturated rings. The average Bonchev–Trinajstić information content (AvgIpc) is 2.69. The normalized spacial score (nSPS) is 12.9. The molecule has 0 aliphatic heterocycles. The number of nitrogens with one attached hydrogen (secondary N) is 2. The first-order valence-electron chi connectivity index (χ1n) is 10.4. The quantitative estimate of drug-likeness (QED) is 0.449. The van der Waals surface area contributed by atoms with Gasteiger partial charge in [-0.05, 0) is 63.8 Å². The highest BCUT2D eigenvalue weighted by Gasteiger charge is 2.13. The summed E-state index contributed by atoms with van der Waals surface area (Å²) in [6.45, 7) is 14.6. The van der Waals surface area contributed by atoms with Gasteiger partial charge in [0.1, 0.15) is 5.75 Å². The van der Waals surface area contributed by atoms with Gasteiger partial charge in [0.15, 0.2) is 0 Å². The van der Waals surface area contributed by atoms with Crippen LogP contribution in [0.4, 0.5) is 0 Å². The van der Waals surface area contributed by atoms with Crippen LogP contribution in [0.2, 0.25) is 0 Å². The van der Waals surface area contributed by atoms with Crippen molar-refractivity contribution < 1.29 is 19.2 Å². The molecule has 0 heterocycles. The summed E-state index contributed by atoms with van der Waals surface area (Å²) in [4.78, 5) is 18.8. The number of hydrogen-bond donors (Lipinski definition) is 2. The summed E-state index contributed by atoms with van der Waals surface area (Å²) in [7, 11) is 1.60. The zero-order valence-electron chi connectivity index (χ0n) is 18.4. The third-order valence-electron chi connectivity index (χ3n) is 4.62. The van der Waals surface area contributed by atoms with Crippen LogP contribution in [0.3, 0.4) is 0 Å². The lowest BCUT2D eigenvalue weighted by atomic mass is 10.2. The largest absolute Gasteiger partial charge is 0.497 e. The van der Waals surface area contributed by atoms with E-state index < -0.39 is 0 Å². The van der Waals surface area contributed by atoms with Gasteiger partial charge >= 0.3 is 0 Å². The van der Waals surface area contributed by atoms with E-state index in [1.54, 1.807) is 36.3 Å². The maximum absolute atomic E-state index is 12.5. The molecule has 0 saturated carbocycles. The van der Waals surface area contributed by atoms with Crippen LogP contribution in [0.5, 0.6) is 5.75 Å². The molecule has 28 heavy (non-hydrogen) atoms. The van der Waals surface area contributed by atoms with E-state index in [1.807, 2.05) is 0 Å². The molecule has 1 aromatic carbocycles. The summed E-state index contributed by atoms with van der Waals surface area (Å²) in [5.41, 5.74) is 0.541. The Bertz CT molecular complexity index is 596. The van der Waals surface area contributed by atoms with E-state index in [1.165, 1.54) is 0 Å². The van der Waals surface area contributed by atoms with Gasteiger partial charge in [-0.25, -0.2) is 4.99 Å². The highest BCUT2D eigenvalue weighted by atomic mass is 16.5. The summed E-state index contributed by atoms with van der Waals surface area (Å²) in [5, 5.41) is 2.82. The predicted molar refractivity (Wildman–Crippen MR) is 114 cm³/mol. The SMILES string of the molecule is CC[NH+](CC)CCC[C@H](C)N=C(NC(=O)c1ccc(OC)cc1)OCC(C)C. The van der Waals surface area contributed by atoms with Gasteiger partial charge in [-0.2, -0.15) is 0 Å². The molecule has 0 unspecified atom stereocenters. The van der Waals surface area contributed by atoms with E-state index in [0.29, 0.717) is 29.9 Å². The predicted octanol–water partition coefficient (Wildman–Crippen LogP) is 2.55. The molecule has 0 bridgehead atoms. The second-order valence-corrected chi connectivity index (χ2v) is 7.52. The van der Waals surface area contributed by atoms with E-state index in [2.05, 4.69) is 44.9 Å². The van der Waals surface area contributed by atoms with Crippen LogP contribution in [-0.2, 0) is 4.74 Å². The molecule has 0 spiro atoms. The molecule has 1 amide bonds. The van der Waals surface area contributed by atoms with Crippen LogP contribution in [-0.4, -0.2) is 51.3 Å². The van der Waals surface area contributed by atoms with E-state index >= 15 is 0 Å². The van der Waals surface area contributed by atoms with Crippen LogP contribution in [0.1, 0.15) is 57.8 Å². The topological polar surface area (TPSA) is 64.4 Å². The van der Waals surface area contributed by atoms with Crippen molar-refractivity contribution >= 4 is 11.9 Å². The maximum Gasteiger partial charge on any atom is 0.291 e. The van der Waals surface area contributed by atoms with E-state index in [-0.39, 0.29) is 11.9 Å². The Hall–Kier alpha value is -2.08. The summed E-state index contributed by atoms with van der Waals surface area (Å²) in [6, 6.07) is 7.37. The van der Waals surface area contributed by atoms with Crippen molar-refractivity contribution in [1.82, 2.24) is 5.32 Å². The minimum atomic E-state index is -0.232. The Morgan fingerprint density at radius 2 is 1.79 bits per heavy atom. The summed E-state index contributed by atoms with van der Waals surface area (Å²) >= 11 is 0. The molecule has 0 aliphatic rings. The second kappa shape index (κ2) is 13.2. The van der Waals surface area contributed by atoms with Crippen molar-refractivity contribution in [2.75, 3.05) is 33.4 Å². The summed E-state index contributed by atoms with van der Waals surface area (Å²) in [6.07, 6.45) is 2.07. The van der Waals surface area contributed by atoms with E-state index in [9.17, 15) is 4.79 Å². The van der Waals surface area contributed by atoms with Gasteiger partial charge in [-0.3, -0.25) is 10.1 Å². The van der Waals surface area contributed by atoms with E-state index in [4.69, 9.17) is 9.47 Å². The van der Waals surface area contributed by atoms with Crippen molar-refractivity contribution in [3.63, 3.8) is 0 Å². The minimum Gasteiger partial charge on any atom is -0.497 e. The standard InChI is InChI=1S/C22H37N3O3/c1-7-25(8-2)15-9-10-18(5)23-22(28-16-17(3)4)24-21(26)19-11-13-20(27-6)14-12-19/h11-14,17-18H,7-10,15-16H2,1-6H3,(H,23,24,26)/p+1/t18-/m0/s1. The molecule has 6 heteroatoms. The lowest BCUT2D eigenvalue weighted by Crippen LogP contribution is -3.11. The van der Waals surface area contributed by atoms with Gasteiger partial charge in [0, 0.05) is 5.56 Å². The molecular formula is C22H38N3O3+. The molecular weight excluding hydrogens is 354 g/mol. The Kier molecular flexibility index (Phi) is 11.3. The van der Waals surface area contributed by atoms with Crippen molar-refractivity contribution in [3.8, 4) is 5.75 Å². The van der Waals surface area contributed by atoms with Crippen LogP contribution < -0.4 is 15.0 Å². The maximum atomic E-state index is 12.5. The molecule has 1 rings (SSSR count). The zero-order chi connectivity index (χ0) is 20.9. The lowest BCUT2D eigenvalue weighted by molar-refractivity contribution is -0.896. The van der Waals surface area contributed by atoms with Crippen LogP contribution >= 0.6 is 0 Å². The fourth-order valence-electron chi connectivity index (χ4n) is 2.78. The number of ether oxygens (including phenoxy) is 2. The fraction of sp³-hybridized carbons (Fsp3) is 0.636. The van der Waals surface area contributed by atoms with Crippen LogP contribution in [0, 0.1) is 5.92 Å². The number of carbonyl (C=O) groups excluding carboxylic acids is 1. The number of amidine groups is 1. The highest BCUT2D eigenvalue weighted by Crippen LogP contribution is 2.11. The van der Waals surface area contributed by atoms with Crippen molar-refractivity contribution in [1.29, 1.82) is 0 Å². The number of methoxy groups -OCH3 is 1. The number of hydrogen-bond acceptors (Lipinski definition) is 4. The first kappa shape index (κ1) is 24.0. The van der Waals surface area contributed by atoms with Gasteiger partial charge in [-0.15, -0.1) is 0 Å². The third kappa shape index (κ3) is 9.22. The molecule has 158 valence electrons. The van der Waals surface area contributed by atoms with Gasteiger partial charge in [0.2, 0.25) is 0 Å². The lowest BCUT2D eigenvalue weighted by Gasteiger charge is -2.17. The number of aliphatic imine (C=N–C) groups is 1. The number of amides is 1. The zero-order valence-corrected chi connectivity index (χ0v) is 18.4. The molecule has 2 N–H and O–H groups in total. The molecule has 1 atom stereocenters. The Morgan fingerprint density at radius 1 is 1.14 bits per heavy atom. The van der Waals surface area contributed by atoms with Gasteiger partial charge in [0.25, 0.3) is 11.9 Å². The molecule has 0 radical (unpaired) electrons. The van der Waals surface area contributed by atoms with Crippen molar-refractivity contribution in [3.05, 3.63) is 29.8 Å². The molecule has 0 aliphatic carbocycles. The average molecular weight is 393 g/mol. The van der Waals surface area contributed by atoms with Gasteiger partial charge in [0.05, 0.1) is 39.4 Å².